The number of nitrogens with two attached hydrogens (primary N) is 1. The minimum Gasteiger partial charge on any atom is -0.398 e. The topological polar surface area (TPSA) is 124 Å². The molecule has 1 atom stereocenters. The third-order valence-electron chi connectivity index (χ3n) is 5.16. The summed E-state index contributed by atoms with van der Waals surface area (Å²) in [6, 6.07) is 16.6. The monoisotopic (exact) mass is 427 g/mol. The number of carbonyl (C=O) groups is 1. The van der Waals surface area contributed by atoms with Gasteiger partial charge < -0.3 is 20.9 Å². The SMILES string of the molecule is CN(C)CC(NC(=O)c1nc2cc(C(=N)c3ccncc3)c(N)cc2[nH]1)c1ccccc1. The maximum atomic E-state index is 13.0. The van der Waals surface area contributed by atoms with Gasteiger partial charge >= 0.3 is 0 Å². The number of anilines is 1. The van der Waals surface area contributed by atoms with Crippen molar-refractivity contribution >= 4 is 28.3 Å². The van der Waals surface area contributed by atoms with Crippen LogP contribution in [0.3, 0.4) is 0 Å². The van der Waals surface area contributed by atoms with Crippen LogP contribution in [0.15, 0.2) is 67.0 Å². The van der Waals surface area contributed by atoms with Crippen LogP contribution < -0.4 is 11.1 Å². The van der Waals surface area contributed by atoms with Crippen LogP contribution in [0.4, 0.5) is 5.69 Å². The molecule has 0 aliphatic rings. The number of imidazole rings is 1. The molecule has 4 rings (SSSR count). The van der Waals surface area contributed by atoms with Crippen molar-refractivity contribution in [3.8, 4) is 0 Å². The smallest absolute Gasteiger partial charge is 0.287 e. The molecule has 4 aromatic rings. The summed E-state index contributed by atoms with van der Waals surface area (Å²) in [7, 11) is 3.93. The molecule has 0 fully saturated rings. The second kappa shape index (κ2) is 8.99. The quantitative estimate of drug-likeness (QED) is 0.267. The summed E-state index contributed by atoms with van der Waals surface area (Å²) >= 11 is 0. The lowest BCUT2D eigenvalue weighted by molar-refractivity contribution is 0.0920. The molecule has 8 nitrogen and oxygen atoms in total. The summed E-state index contributed by atoms with van der Waals surface area (Å²) in [6.45, 7) is 0.649. The molecule has 0 spiro atoms. The molecule has 1 amide bonds. The van der Waals surface area contributed by atoms with Crippen LogP contribution in [-0.2, 0) is 0 Å². The molecular weight excluding hydrogens is 402 g/mol. The Morgan fingerprint density at radius 2 is 1.88 bits per heavy atom. The van der Waals surface area contributed by atoms with Crippen molar-refractivity contribution < 1.29 is 4.79 Å². The summed E-state index contributed by atoms with van der Waals surface area (Å²) in [6.07, 6.45) is 3.26. The molecule has 5 N–H and O–H groups in total. The second-order valence-electron chi connectivity index (χ2n) is 7.85. The third kappa shape index (κ3) is 4.50. The van der Waals surface area contributed by atoms with E-state index in [1.54, 1.807) is 36.7 Å². The Morgan fingerprint density at radius 1 is 1.16 bits per heavy atom. The molecule has 32 heavy (non-hydrogen) atoms. The number of rotatable bonds is 7. The van der Waals surface area contributed by atoms with E-state index < -0.39 is 0 Å². The first-order chi connectivity index (χ1) is 15.4. The Morgan fingerprint density at radius 3 is 2.56 bits per heavy atom. The summed E-state index contributed by atoms with van der Waals surface area (Å²) in [5.74, 6) is -0.104. The predicted molar refractivity (Wildman–Crippen MR) is 126 cm³/mol. The maximum Gasteiger partial charge on any atom is 0.287 e. The van der Waals surface area contributed by atoms with Gasteiger partial charge in [0.2, 0.25) is 0 Å². The molecule has 162 valence electrons. The van der Waals surface area contributed by atoms with Gasteiger partial charge in [0.15, 0.2) is 5.82 Å². The molecule has 8 heteroatoms. The summed E-state index contributed by atoms with van der Waals surface area (Å²) < 4.78 is 0. The van der Waals surface area contributed by atoms with Crippen molar-refractivity contribution in [1.29, 1.82) is 5.41 Å². The first-order valence-electron chi connectivity index (χ1n) is 10.2. The van der Waals surface area contributed by atoms with Crippen LogP contribution in [0.5, 0.6) is 0 Å². The Kier molecular flexibility index (Phi) is 5.96. The lowest BCUT2D eigenvalue weighted by atomic mass is 10.0. The fraction of sp³-hybridized carbons (Fsp3) is 0.167. The fourth-order valence-electron chi connectivity index (χ4n) is 3.58. The zero-order valence-electron chi connectivity index (χ0n) is 18.0. The number of nitrogens with one attached hydrogen (secondary N) is 3. The Balaban J connectivity index is 1.62. The average Bonchev–Trinajstić information content (AvgIpc) is 3.21. The van der Waals surface area contributed by atoms with Crippen LogP contribution >= 0.6 is 0 Å². The van der Waals surface area contributed by atoms with Gasteiger partial charge in [0.25, 0.3) is 5.91 Å². The summed E-state index contributed by atoms with van der Waals surface area (Å²) in [5.41, 5.74) is 10.4. The highest BCUT2D eigenvalue weighted by Gasteiger charge is 2.20. The van der Waals surface area contributed by atoms with Gasteiger partial charge in [0, 0.05) is 35.8 Å². The lowest BCUT2D eigenvalue weighted by Crippen LogP contribution is -2.35. The summed E-state index contributed by atoms with van der Waals surface area (Å²) in [4.78, 5) is 26.5. The van der Waals surface area contributed by atoms with E-state index in [1.165, 1.54) is 0 Å². The van der Waals surface area contributed by atoms with Gasteiger partial charge in [-0.3, -0.25) is 15.2 Å². The van der Waals surface area contributed by atoms with Crippen molar-refractivity contribution in [2.75, 3.05) is 26.4 Å². The van der Waals surface area contributed by atoms with Crippen LogP contribution in [0.2, 0.25) is 0 Å². The lowest BCUT2D eigenvalue weighted by Gasteiger charge is -2.22. The van der Waals surface area contributed by atoms with E-state index in [0.717, 1.165) is 5.56 Å². The Hall–Kier alpha value is -4.04. The van der Waals surface area contributed by atoms with Crippen molar-refractivity contribution in [2.45, 2.75) is 6.04 Å². The number of fused-ring (bicyclic) bond motifs is 1. The number of hydrogen-bond acceptors (Lipinski definition) is 6. The van der Waals surface area contributed by atoms with E-state index >= 15 is 0 Å². The van der Waals surface area contributed by atoms with Gasteiger partial charge in [0.1, 0.15) is 0 Å². The fourth-order valence-corrected chi connectivity index (χ4v) is 3.58. The molecule has 2 heterocycles. The van der Waals surface area contributed by atoms with Crippen LogP contribution in [0.1, 0.15) is 33.4 Å². The predicted octanol–water partition coefficient (Wildman–Crippen LogP) is 2.99. The van der Waals surface area contributed by atoms with E-state index in [9.17, 15) is 4.79 Å². The minimum absolute atomic E-state index is 0.188. The molecule has 0 aliphatic heterocycles. The van der Waals surface area contributed by atoms with E-state index in [2.05, 4.69) is 20.3 Å². The molecule has 2 aromatic heterocycles. The number of benzene rings is 2. The molecule has 0 radical (unpaired) electrons. The van der Waals surface area contributed by atoms with Crippen molar-refractivity contribution in [1.82, 2.24) is 25.2 Å². The molecule has 1 unspecified atom stereocenters. The Labute approximate surface area is 186 Å². The molecule has 0 saturated carbocycles. The van der Waals surface area contributed by atoms with Gasteiger partial charge in [-0.15, -0.1) is 0 Å². The highest BCUT2D eigenvalue weighted by atomic mass is 16.2. The number of aromatic amines is 1. The van der Waals surface area contributed by atoms with Gasteiger partial charge in [-0.25, -0.2) is 4.98 Å². The standard InChI is InChI=1S/C24H25N7O/c1-31(2)14-21(15-6-4-3-5-7-15)30-24(32)23-28-19-12-17(18(25)13-20(19)29-23)22(26)16-8-10-27-11-9-16/h3-13,21,26H,14,25H2,1-2H3,(H,28,29)(H,30,32). The number of likely N-dealkylation sites (N-methyl/N-ethyl adjacent to an activating group) is 1. The van der Waals surface area contributed by atoms with Gasteiger partial charge in [0.05, 0.1) is 22.8 Å². The van der Waals surface area contributed by atoms with E-state index in [1.807, 2.05) is 49.3 Å². The van der Waals surface area contributed by atoms with Crippen molar-refractivity contribution in [3.05, 3.63) is 89.5 Å². The van der Waals surface area contributed by atoms with Gasteiger partial charge in [-0.05, 0) is 43.9 Å². The van der Waals surface area contributed by atoms with Gasteiger partial charge in [-0.1, -0.05) is 30.3 Å². The Bertz CT molecular complexity index is 1250. The molecule has 2 aromatic carbocycles. The number of nitrogen functional groups attached to an aromatic ring is 1. The van der Waals surface area contributed by atoms with Crippen molar-refractivity contribution in [2.24, 2.45) is 0 Å². The van der Waals surface area contributed by atoms with Crippen LogP contribution in [-0.4, -0.2) is 52.1 Å². The number of aromatic nitrogens is 3. The largest absolute Gasteiger partial charge is 0.398 e. The van der Waals surface area contributed by atoms with E-state index in [4.69, 9.17) is 11.1 Å². The van der Waals surface area contributed by atoms with Crippen molar-refractivity contribution in [3.63, 3.8) is 0 Å². The highest BCUT2D eigenvalue weighted by molar-refractivity contribution is 6.15. The number of H-pyrrole nitrogens is 1. The molecule has 0 bridgehead atoms. The minimum atomic E-state index is -0.304. The van der Waals surface area contributed by atoms with E-state index in [-0.39, 0.29) is 23.5 Å². The number of hydrogen-bond donors (Lipinski definition) is 4. The second-order valence-corrected chi connectivity index (χ2v) is 7.85. The molecule has 0 saturated heterocycles. The normalized spacial score (nSPS) is 12.1. The third-order valence-corrected chi connectivity index (χ3v) is 5.16. The summed E-state index contributed by atoms with van der Waals surface area (Å²) in [5, 5.41) is 11.6. The number of amides is 1. The van der Waals surface area contributed by atoms with E-state index in [0.29, 0.717) is 34.4 Å². The van der Waals surface area contributed by atoms with Gasteiger partial charge in [-0.2, -0.15) is 0 Å². The van der Waals surface area contributed by atoms with Crippen LogP contribution in [0, 0.1) is 5.41 Å². The highest BCUT2D eigenvalue weighted by Crippen LogP contribution is 2.23. The zero-order chi connectivity index (χ0) is 22.7. The van der Waals surface area contributed by atoms with Crippen LogP contribution in [0.25, 0.3) is 11.0 Å². The zero-order valence-corrected chi connectivity index (χ0v) is 18.0. The first kappa shape index (κ1) is 21.2. The molecular formula is C24H25N7O. The maximum absolute atomic E-state index is 13.0. The number of pyridine rings is 1. The average molecular weight is 428 g/mol. The molecule has 0 aliphatic carbocycles. The number of nitrogens with zero attached hydrogens (tertiary/aromatic N) is 3. The number of carbonyl (C=O) groups excluding carboxylic acids is 1. The first-order valence-corrected chi connectivity index (χ1v) is 10.2.